The van der Waals surface area contributed by atoms with Crippen molar-refractivity contribution < 1.29 is 13.2 Å². The molecule has 5 nitrogen and oxygen atoms in total. The summed E-state index contributed by atoms with van der Waals surface area (Å²) in [5.41, 5.74) is 0.896. The van der Waals surface area contributed by atoms with Gasteiger partial charge in [0.05, 0.1) is 6.26 Å². The Kier molecular flexibility index (Phi) is 5.63. The van der Waals surface area contributed by atoms with Crippen LogP contribution in [-0.2, 0) is 21.2 Å². The number of halogens is 2. The van der Waals surface area contributed by atoms with Crippen molar-refractivity contribution in [2.45, 2.75) is 56.7 Å². The van der Waals surface area contributed by atoms with Gasteiger partial charge in [0.1, 0.15) is 0 Å². The highest BCUT2D eigenvalue weighted by atomic mass is 35.5. The van der Waals surface area contributed by atoms with E-state index in [-0.39, 0.29) is 24.0 Å². The third kappa shape index (κ3) is 4.48. The number of piperidine rings is 1. The number of rotatable bonds is 5. The molecule has 2 unspecified atom stereocenters. The molecule has 2 aliphatic heterocycles. The Balaban J connectivity index is 1.53. The average Bonchev–Trinajstić information content (AvgIpc) is 2.79. The lowest BCUT2D eigenvalue weighted by Gasteiger charge is -2.37. The molecular weight excluding hydrogens is 383 g/mol. The van der Waals surface area contributed by atoms with Gasteiger partial charge in [-0.15, -0.1) is 0 Å². The van der Waals surface area contributed by atoms with Gasteiger partial charge in [-0.2, -0.15) is 4.31 Å². The number of carbonyl (C=O) groups is 1. The van der Waals surface area contributed by atoms with Crippen molar-refractivity contribution in [3.8, 4) is 0 Å². The highest BCUT2D eigenvalue weighted by Crippen LogP contribution is 2.37. The summed E-state index contributed by atoms with van der Waals surface area (Å²) in [5.74, 6) is -0.0248. The molecule has 2 atom stereocenters. The van der Waals surface area contributed by atoms with E-state index < -0.39 is 10.0 Å². The summed E-state index contributed by atoms with van der Waals surface area (Å²) < 4.78 is 25.5. The van der Waals surface area contributed by atoms with E-state index in [1.807, 2.05) is 6.07 Å². The van der Waals surface area contributed by atoms with Gasteiger partial charge in [0.2, 0.25) is 15.9 Å². The molecule has 1 aromatic carbocycles. The summed E-state index contributed by atoms with van der Waals surface area (Å²) in [6.45, 7) is 0. The number of hydrogen-bond donors (Lipinski definition) is 1. The largest absolute Gasteiger partial charge is 0.353 e. The predicted molar refractivity (Wildman–Crippen MR) is 99.4 cm³/mol. The number of hydrogen-bond acceptors (Lipinski definition) is 3. The van der Waals surface area contributed by atoms with Crippen molar-refractivity contribution in [3.63, 3.8) is 0 Å². The van der Waals surface area contributed by atoms with Crippen LogP contribution in [0.15, 0.2) is 18.2 Å². The standard InChI is InChI=1S/C17H22Cl2N2O3S/c1-25(23,24)21-14-5-6-15(21)10-13(9-14)20-17(22)7-3-11-2-4-12(18)8-16(11)19/h2,4,8,13-15H,3,5-7,9-10H2,1H3,(H,20,22). The molecule has 3 rings (SSSR count). The average molecular weight is 405 g/mol. The van der Waals surface area contributed by atoms with Gasteiger partial charge in [-0.3, -0.25) is 4.79 Å². The van der Waals surface area contributed by atoms with E-state index in [0.29, 0.717) is 35.7 Å². The minimum atomic E-state index is -3.17. The van der Waals surface area contributed by atoms with Crippen LogP contribution in [0.25, 0.3) is 0 Å². The third-order valence-corrected chi connectivity index (χ3v) is 7.00. The zero-order chi connectivity index (χ0) is 18.2. The van der Waals surface area contributed by atoms with Crippen molar-refractivity contribution in [2.24, 2.45) is 0 Å². The van der Waals surface area contributed by atoms with Gasteiger partial charge in [-0.25, -0.2) is 8.42 Å². The molecule has 1 aromatic rings. The van der Waals surface area contributed by atoms with Gasteiger partial charge in [0.25, 0.3) is 0 Å². The predicted octanol–water partition coefficient (Wildman–Crippen LogP) is 3.00. The van der Waals surface area contributed by atoms with Gasteiger partial charge < -0.3 is 5.32 Å². The molecular formula is C17H22Cl2N2O3S. The van der Waals surface area contributed by atoms with E-state index >= 15 is 0 Å². The van der Waals surface area contributed by atoms with Gasteiger partial charge in [-0.1, -0.05) is 29.3 Å². The molecule has 0 radical (unpaired) electrons. The Hall–Kier alpha value is -0.820. The van der Waals surface area contributed by atoms with E-state index in [1.54, 1.807) is 16.4 Å². The zero-order valence-corrected chi connectivity index (χ0v) is 16.4. The molecule has 0 saturated carbocycles. The number of sulfonamides is 1. The van der Waals surface area contributed by atoms with Crippen LogP contribution in [0.4, 0.5) is 0 Å². The summed E-state index contributed by atoms with van der Waals surface area (Å²) in [7, 11) is -3.17. The lowest BCUT2D eigenvalue weighted by atomic mass is 9.99. The van der Waals surface area contributed by atoms with E-state index in [4.69, 9.17) is 23.2 Å². The molecule has 2 bridgehead atoms. The fourth-order valence-corrected chi connectivity index (χ4v) is 6.03. The van der Waals surface area contributed by atoms with Crippen LogP contribution in [0.5, 0.6) is 0 Å². The zero-order valence-electron chi connectivity index (χ0n) is 14.0. The van der Waals surface area contributed by atoms with Crippen LogP contribution < -0.4 is 5.32 Å². The van der Waals surface area contributed by atoms with Crippen molar-refractivity contribution >= 4 is 39.1 Å². The lowest BCUT2D eigenvalue weighted by Crippen LogP contribution is -2.52. The molecule has 2 heterocycles. The Labute approximate surface area is 158 Å². The maximum absolute atomic E-state index is 12.3. The molecule has 0 aromatic heterocycles. The summed E-state index contributed by atoms with van der Waals surface area (Å²) in [6.07, 6.45) is 5.32. The minimum absolute atomic E-state index is 0.0183. The monoisotopic (exact) mass is 404 g/mol. The molecule has 2 saturated heterocycles. The second-order valence-electron chi connectivity index (χ2n) is 6.95. The summed E-state index contributed by atoms with van der Waals surface area (Å²) in [5, 5.41) is 4.21. The van der Waals surface area contributed by atoms with Crippen LogP contribution in [0.2, 0.25) is 10.0 Å². The fraction of sp³-hybridized carbons (Fsp3) is 0.588. The highest BCUT2D eigenvalue weighted by Gasteiger charge is 2.45. The van der Waals surface area contributed by atoms with E-state index in [9.17, 15) is 13.2 Å². The maximum atomic E-state index is 12.3. The van der Waals surface area contributed by atoms with Crippen LogP contribution in [-0.4, -0.2) is 43.0 Å². The molecule has 8 heteroatoms. The van der Waals surface area contributed by atoms with Gasteiger partial charge in [0, 0.05) is 34.6 Å². The first-order chi connectivity index (χ1) is 11.7. The molecule has 1 amide bonds. The SMILES string of the molecule is CS(=O)(=O)N1C2CCC1CC(NC(=O)CCc1ccc(Cl)cc1Cl)C2. The van der Waals surface area contributed by atoms with Crippen molar-refractivity contribution in [3.05, 3.63) is 33.8 Å². The molecule has 1 N–H and O–H groups in total. The van der Waals surface area contributed by atoms with Crippen molar-refractivity contribution in [1.82, 2.24) is 9.62 Å². The first-order valence-corrected chi connectivity index (χ1v) is 11.1. The van der Waals surface area contributed by atoms with E-state index in [0.717, 1.165) is 18.4 Å². The Bertz CT molecular complexity index is 755. The normalized spacial score (nSPS) is 26.6. The lowest BCUT2D eigenvalue weighted by molar-refractivity contribution is -0.122. The fourth-order valence-electron chi connectivity index (χ4n) is 4.07. The highest BCUT2D eigenvalue weighted by molar-refractivity contribution is 7.88. The van der Waals surface area contributed by atoms with Gasteiger partial charge in [0.15, 0.2) is 0 Å². The second kappa shape index (κ2) is 7.43. The first kappa shape index (κ1) is 19.0. The number of carbonyl (C=O) groups excluding carboxylic acids is 1. The van der Waals surface area contributed by atoms with Crippen LogP contribution in [0.1, 0.15) is 37.7 Å². The molecule has 25 heavy (non-hydrogen) atoms. The number of benzene rings is 1. The summed E-state index contributed by atoms with van der Waals surface area (Å²) in [6, 6.07) is 5.36. The third-order valence-electron chi connectivity index (χ3n) is 5.05. The molecule has 2 fully saturated rings. The van der Waals surface area contributed by atoms with Crippen LogP contribution >= 0.6 is 23.2 Å². The topological polar surface area (TPSA) is 66.5 Å². The Morgan fingerprint density at radius 3 is 2.44 bits per heavy atom. The Morgan fingerprint density at radius 2 is 1.88 bits per heavy atom. The quantitative estimate of drug-likeness (QED) is 0.819. The molecule has 138 valence electrons. The van der Waals surface area contributed by atoms with E-state index in [2.05, 4.69) is 5.32 Å². The molecule has 0 spiro atoms. The number of amides is 1. The molecule has 0 aliphatic carbocycles. The maximum Gasteiger partial charge on any atom is 0.220 e. The minimum Gasteiger partial charge on any atom is -0.353 e. The Morgan fingerprint density at radius 1 is 1.24 bits per heavy atom. The van der Waals surface area contributed by atoms with Gasteiger partial charge in [-0.05, 0) is 49.8 Å². The number of aryl methyl sites for hydroxylation is 1. The van der Waals surface area contributed by atoms with Crippen LogP contribution in [0.3, 0.4) is 0 Å². The number of nitrogens with zero attached hydrogens (tertiary/aromatic N) is 1. The van der Waals surface area contributed by atoms with Gasteiger partial charge >= 0.3 is 0 Å². The number of fused-ring (bicyclic) bond motifs is 2. The van der Waals surface area contributed by atoms with Crippen molar-refractivity contribution in [2.75, 3.05) is 6.26 Å². The first-order valence-electron chi connectivity index (χ1n) is 8.46. The second-order valence-corrected chi connectivity index (χ2v) is 9.68. The molecule has 2 aliphatic rings. The summed E-state index contributed by atoms with van der Waals surface area (Å²) in [4.78, 5) is 12.3. The van der Waals surface area contributed by atoms with Crippen LogP contribution in [0, 0.1) is 0 Å². The summed E-state index contributed by atoms with van der Waals surface area (Å²) >= 11 is 12.0. The number of nitrogens with one attached hydrogen (secondary N) is 1. The smallest absolute Gasteiger partial charge is 0.220 e. The van der Waals surface area contributed by atoms with E-state index in [1.165, 1.54) is 6.26 Å². The van der Waals surface area contributed by atoms with Crippen molar-refractivity contribution in [1.29, 1.82) is 0 Å².